The van der Waals surface area contributed by atoms with Gasteiger partial charge in [0.15, 0.2) is 12.1 Å². The van der Waals surface area contributed by atoms with Crippen LogP contribution >= 0.6 is 0 Å². The van der Waals surface area contributed by atoms with Gasteiger partial charge in [-0.3, -0.25) is 9.59 Å². The molecule has 0 radical (unpaired) electrons. The molecule has 64 heavy (non-hydrogen) atoms. The summed E-state index contributed by atoms with van der Waals surface area (Å²) in [7, 11) is 5.54. The summed E-state index contributed by atoms with van der Waals surface area (Å²) in [5.74, 6) is -1.47. The number of aliphatic carboxylic acids is 1. The molecule has 0 rings (SSSR count). The molecule has 0 saturated carbocycles. The lowest BCUT2D eigenvalue weighted by atomic mass is 10.1. The molecule has 0 aromatic rings. The second-order valence-electron chi connectivity index (χ2n) is 19.5. The summed E-state index contributed by atoms with van der Waals surface area (Å²) in [5, 5.41) is 9.66. The van der Waals surface area contributed by atoms with Crippen LogP contribution in [0.3, 0.4) is 0 Å². The second kappa shape index (κ2) is 47.1. The van der Waals surface area contributed by atoms with Crippen LogP contribution in [0.2, 0.25) is 0 Å². The Morgan fingerprint density at radius 2 is 0.828 bits per heavy atom. The number of unbranched alkanes of at least 4 members (excludes halogenated alkanes) is 29. The zero-order valence-electron chi connectivity index (χ0n) is 42.7. The molecule has 2 unspecified atom stereocenters. The van der Waals surface area contributed by atoms with E-state index in [-0.39, 0.29) is 36.2 Å². The number of hydrogen-bond acceptors (Lipinski definition) is 6. The molecule has 0 aliphatic rings. The molecule has 0 spiro atoms. The van der Waals surface area contributed by atoms with E-state index < -0.39 is 18.1 Å². The molecule has 0 bridgehead atoms. The summed E-state index contributed by atoms with van der Waals surface area (Å²) >= 11 is 0. The van der Waals surface area contributed by atoms with Gasteiger partial charge in [0.25, 0.3) is 0 Å². The average Bonchev–Trinajstić information content (AvgIpc) is 3.26. The van der Waals surface area contributed by atoms with Crippen LogP contribution in [-0.4, -0.2) is 80.6 Å². The number of carboxylic acids is 1. The maximum absolute atomic E-state index is 12.8. The molecule has 374 valence electrons. The number of quaternary nitrogens is 1. The number of carbonyl (C=O) groups excluding carboxylic acids is 2. The monoisotopic (exact) mass is 903 g/mol. The molecule has 8 nitrogen and oxygen atoms in total. The third-order valence-electron chi connectivity index (χ3n) is 12.3. The second-order valence-corrected chi connectivity index (χ2v) is 19.5. The molecule has 0 saturated heterocycles. The molecule has 8 heteroatoms. The highest BCUT2D eigenvalue weighted by molar-refractivity contribution is 5.72. The van der Waals surface area contributed by atoms with E-state index >= 15 is 0 Å². The quantitative estimate of drug-likeness (QED) is 0.0281. The first-order chi connectivity index (χ1) is 31.1. The van der Waals surface area contributed by atoms with Gasteiger partial charge in [-0.2, -0.15) is 0 Å². The molecule has 0 aliphatic heterocycles. The molecule has 0 fully saturated rings. The van der Waals surface area contributed by atoms with Crippen molar-refractivity contribution < 1.29 is 38.2 Å². The van der Waals surface area contributed by atoms with Gasteiger partial charge < -0.3 is 23.8 Å². The summed E-state index contributed by atoms with van der Waals surface area (Å²) in [6.07, 6.45) is 56.2. The minimum absolute atomic E-state index is 0.0546. The molecule has 0 amide bonds. The van der Waals surface area contributed by atoms with E-state index in [4.69, 9.17) is 14.2 Å². The largest absolute Gasteiger partial charge is 0.477 e. The van der Waals surface area contributed by atoms with Gasteiger partial charge >= 0.3 is 17.9 Å². The van der Waals surface area contributed by atoms with Crippen molar-refractivity contribution in [3.05, 3.63) is 36.5 Å². The molecular weight excluding hydrogens is 799 g/mol. The Kier molecular flexibility index (Phi) is 45.3. The predicted molar refractivity (Wildman–Crippen MR) is 271 cm³/mol. The van der Waals surface area contributed by atoms with Crippen molar-refractivity contribution >= 4 is 17.9 Å². The maximum atomic E-state index is 12.8. The lowest BCUT2D eigenvalue weighted by Gasteiger charge is -2.31. The number of rotatable bonds is 49. The number of nitrogens with zero attached hydrogens (tertiary/aromatic N) is 1. The van der Waals surface area contributed by atoms with Crippen LogP contribution in [0.25, 0.3) is 0 Å². The lowest BCUT2D eigenvalue weighted by Crippen LogP contribution is -2.50. The van der Waals surface area contributed by atoms with Gasteiger partial charge in [0.05, 0.1) is 34.4 Å². The van der Waals surface area contributed by atoms with Crippen LogP contribution in [0.15, 0.2) is 36.5 Å². The first-order valence-corrected chi connectivity index (χ1v) is 27.0. The summed E-state index contributed by atoms with van der Waals surface area (Å²) in [5.41, 5.74) is 0. The molecule has 0 aromatic heterocycles. The molecule has 0 aliphatic carbocycles. The fourth-order valence-electron chi connectivity index (χ4n) is 8.06. The van der Waals surface area contributed by atoms with Crippen LogP contribution in [-0.2, 0) is 28.6 Å². The summed E-state index contributed by atoms with van der Waals surface area (Å²) < 4.78 is 17.4. The van der Waals surface area contributed by atoms with E-state index in [2.05, 4.69) is 50.3 Å². The van der Waals surface area contributed by atoms with Crippen molar-refractivity contribution in [1.29, 1.82) is 0 Å². The van der Waals surface area contributed by atoms with Gasteiger partial charge in [0, 0.05) is 19.3 Å². The van der Waals surface area contributed by atoms with Gasteiger partial charge in [-0.15, -0.1) is 0 Å². The van der Waals surface area contributed by atoms with Crippen molar-refractivity contribution in [2.24, 2.45) is 0 Å². The van der Waals surface area contributed by atoms with Crippen molar-refractivity contribution in [2.45, 2.75) is 264 Å². The summed E-state index contributed by atoms with van der Waals surface area (Å²) in [6.45, 7) is 4.75. The van der Waals surface area contributed by atoms with Gasteiger partial charge in [-0.25, -0.2) is 4.79 Å². The summed E-state index contributed by atoms with van der Waals surface area (Å²) in [4.78, 5) is 37.2. The highest BCUT2D eigenvalue weighted by atomic mass is 16.6. The number of hydrogen-bond donors (Lipinski definition) is 1. The van der Waals surface area contributed by atoms with Crippen molar-refractivity contribution in [2.75, 3.05) is 41.0 Å². The minimum Gasteiger partial charge on any atom is -0.477 e. The zero-order chi connectivity index (χ0) is 47.0. The third-order valence-corrected chi connectivity index (χ3v) is 12.3. The highest BCUT2D eigenvalue weighted by Crippen LogP contribution is 2.15. The molecular formula is C56H104NO7+. The van der Waals surface area contributed by atoms with Crippen LogP contribution in [0, 0.1) is 0 Å². The Bertz CT molecular complexity index is 1140. The Labute approximate surface area is 395 Å². The van der Waals surface area contributed by atoms with Crippen LogP contribution in [0.5, 0.6) is 0 Å². The average molecular weight is 903 g/mol. The fraction of sp³-hybridized carbons (Fsp3) is 0.839. The van der Waals surface area contributed by atoms with E-state index in [1.165, 1.54) is 167 Å². The summed E-state index contributed by atoms with van der Waals surface area (Å²) in [6, 6.07) is -0.617. The minimum atomic E-state index is -0.875. The Morgan fingerprint density at radius 3 is 1.22 bits per heavy atom. The molecule has 0 heterocycles. The predicted octanol–water partition coefficient (Wildman–Crippen LogP) is 15.8. The van der Waals surface area contributed by atoms with Crippen molar-refractivity contribution in [1.82, 2.24) is 0 Å². The maximum Gasteiger partial charge on any atom is 0.362 e. The van der Waals surface area contributed by atoms with E-state index in [1.807, 2.05) is 21.1 Å². The lowest BCUT2D eigenvalue weighted by molar-refractivity contribution is -0.887. The zero-order valence-corrected chi connectivity index (χ0v) is 42.7. The molecule has 1 N–H and O–H groups in total. The van der Waals surface area contributed by atoms with Gasteiger partial charge in [-0.1, -0.05) is 198 Å². The van der Waals surface area contributed by atoms with Crippen LogP contribution in [0.4, 0.5) is 0 Å². The molecule has 0 aromatic carbocycles. The van der Waals surface area contributed by atoms with Crippen molar-refractivity contribution in [3.8, 4) is 0 Å². The van der Waals surface area contributed by atoms with E-state index in [0.29, 0.717) is 19.3 Å². The smallest absolute Gasteiger partial charge is 0.362 e. The first-order valence-electron chi connectivity index (χ1n) is 27.0. The topological polar surface area (TPSA) is 99.1 Å². The third kappa shape index (κ3) is 44.7. The van der Waals surface area contributed by atoms with Gasteiger partial charge in [0.2, 0.25) is 0 Å². The SMILES string of the molecule is CCCCCCCC/C=C/CCCCCCCCCC(=O)OCC(COCCC(C(=O)O)[N+](C)(C)C)OC(=O)CCCCCCCCC/C=C/C/C=C/CCCCCCCCCCC. The number of esters is 2. The van der Waals surface area contributed by atoms with Crippen LogP contribution in [0.1, 0.15) is 251 Å². The van der Waals surface area contributed by atoms with E-state index in [0.717, 1.165) is 51.4 Å². The number of ether oxygens (including phenoxy) is 3. The fourth-order valence-corrected chi connectivity index (χ4v) is 8.06. The van der Waals surface area contributed by atoms with E-state index in [9.17, 15) is 19.5 Å². The van der Waals surface area contributed by atoms with Gasteiger partial charge in [0.1, 0.15) is 6.61 Å². The normalized spacial score (nSPS) is 13.1. The van der Waals surface area contributed by atoms with Gasteiger partial charge in [-0.05, 0) is 70.6 Å². The van der Waals surface area contributed by atoms with Crippen molar-refractivity contribution in [3.63, 3.8) is 0 Å². The highest BCUT2D eigenvalue weighted by Gasteiger charge is 2.31. The number of allylic oxidation sites excluding steroid dienone is 6. The number of likely N-dealkylation sites (N-methyl/N-ethyl adjacent to an activating group) is 1. The van der Waals surface area contributed by atoms with Crippen LogP contribution < -0.4 is 0 Å². The Hall–Kier alpha value is -2.45. The first kappa shape index (κ1) is 61.5. The Balaban J connectivity index is 4.22. The van der Waals surface area contributed by atoms with E-state index in [1.54, 1.807) is 0 Å². The molecule has 2 atom stereocenters. The number of carboxylic acid groups (broad SMARTS) is 1. The Morgan fingerprint density at radius 1 is 0.469 bits per heavy atom. The standard InChI is InChI=1S/C56H103NO7/c1-6-8-10-12-14-16-18-20-22-24-25-26-27-28-29-31-33-35-37-39-41-43-45-47-55(59)64-52(50-62-49-48-53(56(60)61)57(3,4)5)51-63-54(58)46-44-42-40-38-36-34-32-30-23-21-19-17-15-13-11-9-7-2/h21,23,25-26,28-29,52-53H,6-20,22,24,27,30-51H2,1-5H3/p+1/b23-21+,26-25+,29-28+. The number of carbonyl (C=O) groups is 3.